The second-order valence-electron chi connectivity index (χ2n) is 6.29. The van der Waals surface area contributed by atoms with E-state index >= 15 is 0 Å². The van der Waals surface area contributed by atoms with Crippen LogP contribution >= 0.6 is 0 Å². The maximum absolute atomic E-state index is 12.6. The smallest absolute Gasteiger partial charge is 0.271 e. The van der Waals surface area contributed by atoms with Crippen molar-refractivity contribution in [2.75, 3.05) is 19.8 Å². The van der Waals surface area contributed by atoms with Crippen LogP contribution in [0.1, 0.15) is 63.7 Å². The lowest BCUT2D eigenvalue weighted by Crippen LogP contribution is -2.24. The maximum Gasteiger partial charge on any atom is 0.271 e. The lowest BCUT2D eigenvalue weighted by atomic mass is 9.89. The zero-order chi connectivity index (χ0) is 18.9. The van der Waals surface area contributed by atoms with Gasteiger partial charge in [0.2, 0.25) is 5.75 Å². The molecule has 1 aliphatic carbocycles. The van der Waals surface area contributed by atoms with E-state index < -0.39 is 0 Å². The molecule has 1 N–H and O–H groups in total. The largest absolute Gasteiger partial charge is 0.490 e. The summed E-state index contributed by atoms with van der Waals surface area (Å²) < 4.78 is 17.0. The van der Waals surface area contributed by atoms with Crippen LogP contribution in [0.2, 0.25) is 0 Å². The van der Waals surface area contributed by atoms with Gasteiger partial charge in [-0.3, -0.25) is 4.79 Å². The van der Waals surface area contributed by atoms with E-state index in [1.54, 1.807) is 12.1 Å². The highest BCUT2D eigenvalue weighted by Gasteiger charge is 2.19. The summed E-state index contributed by atoms with van der Waals surface area (Å²) in [4.78, 5) is 12.6. The fourth-order valence-electron chi connectivity index (χ4n) is 3.04. The first kappa shape index (κ1) is 20.1. The average Bonchev–Trinajstić information content (AvgIpc) is 2.63. The molecule has 144 valence electrons. The summed E-state index contributed by atoms with van der Waals surface area (Å²) in [5, 5.41) is 4.35. The monoisotopic (exact) mass is 362 g/mol. The van der Waals surface area contributed by atoms with E-state index in [-0.39, 0.29) is 5.91 Å². The fourth-order valence-corrected chi connectivity index (χ4v) is 3.04. The Labute approximate surface area is 155 Å². The SMILES string of the molecule is CCOc1cc(C(=O)N/N=C2/CCCC[C@@H]2C)cc(OCC)c1OCC. The second kappa shape index (κ2) is 10.0. The number of hydrazone groups is 1. The molecule has 1 saturated carbocycles. The molecule has 0 saturated heterocycles. The molecule has 1 fully saturated rings. The Balaban J connectivity index is 2.26. The summed E-state index contributed by atoms with van der Waals surface area (Å²) in [5.74, 6) is 1.68. The Hall–Kier alpha value is -2.24. The van der Waals surface area contributed by atoms with Gasteiger partial charge in [-0.25, -0.2) is 5.43 Å². The molecule has 0 aliphatic heterocycles. The summed E-state index contributed by atoms with van der Waals surface area (Å²) in [5.41, 5.74) is 4.19. The maximum atomic E-state index is 12.6. The highest BCUT2D eigenvalue weighted by atomic mass is 16.5. The lowest BCUT2D eigenvalue weighted by molar-refractivity contribution is 0.0953. The molecular formula is C20H30N2O4. The molecule has 26 heavy (non-hydrogen) atoms. The van der Waals surface area contributed by atoms with Crippen LogP contribution in [0.5, 0.6) is 17.2 Å². The molecule has 0 unspecified atom stereocenters. The van der Waals surface area contributed by atoms with E-state index in [0.29, 0.717) is 48.6 Å². The number of rotatable bonds is 8. The highest BCUT2D eigenvalue weighted by Crippen LogP contribution is 2.39. The summed E-state index contributed by atoms with van der Waals surface area (Å²) >= 11 is 0. The van der Waals surface area contributed by atoms with Crippen LogP contribution in [0.15, 0.2) is 17.2 Å². The number of nitrogens with zero attached hydrogens (tertiary/aromatic N) is 1. The van der Waals surface area contributed by atoms with Gasteiger partial charge in [0, 0.05) is 11.3 Å². The molecular weight excluding hydrogens is 332 g/mol. The highest BCUT2D eigenvalue weighted by molar-refractivity contribution is 5.97. The fraction of sp³-hybridized carbons (Fsp3) is 0.600. The molecule has 1 atom stereocenters. The summed E-state index contributed by atoms with van der Waals surface area (Å²) in [6.07, 6.45) is 4.42. The number of hydrogen-bond acceptors (Lipinski definition) is 5. The van der Waals surface area contributed by atoms with Crippen molar-refractivity contribution in [2.45, 2.75) is 53.4 Å². The number of hydrogen-bond donors (Lipinski definition) is 1. The van der Waals surface area contributed by atoms with Gasteiger partial charge in [0.15, 0.2) is 11.5 Å². The normalized spacial score (nSPS) is 18.5. The Bertz CT molecular complexity index is 616. The van der Waals surface area contributed by atoms with E-state index in [1.807, 2.05) is 20.8 Å². The van der Waals surface area contributed by atoms with Crippen LogP contribution in [-0.4, -0.2) is 31.4 Å². The van der Waals surface area contributed by atoms with Crippen LogP contribution in [0.25, 0.3) is 0 Å². The summed E-state index contributed by atoms with van der Waals surface area (Å²) in [6, 6.07) is 3.35. The van der Waals surface area contributed by atoms with Gasteiger partial charge in [-0.1, -0.05) is 13.3 Å². The molecule has 0 heterocycles. The average molecular weight is 362 g/mol. The van der Waals surface area contributed by atoms with Crippen molar-refractivity contribution in [1.82, 2.24) is 5.43 Å². The molecule has 1 amide bonds. The number of carbonyl (C=O) groups excluding carboxylic acids is 1. The zero-order valence-corrected chi connectivity index (χ0v) is 16.3. The Morgan fingerprint density at radius 1 is 1.08 bits per heavy atom. The third-order valence-electron chi connectivity index (χ3n) is 4.36. The molecule has 1 aromatic carbocycles. The predicted molar refractivity (Wildman–Crippen MR) is 102 cm³/mol. The van der Waals surface area contributed by atoms with Gasteiger partial charge >= 0.3 is 0 Å². The molecule has 0 spiro atoms. The van der Waals surface area contributed by atoms with Gasteiger partial charge in [0.1, 0.15) is 0 Å². The van der Waals surface area contributed by atoms with Crippen LogP contribution in [0.4, 0.5) is 0 Å². The number of nitrogens with one attached hydrogen (secondary N) is 1. The quantitative estimate of drug-likeness (QED) is 0.705. The predicted octanol–water partition coefficient (Wildman–Crippen LogP) is 4.18. The molecule has 0 bridgehead atoms. The van der Waals surface area contributed by atoms with E-state index in [1.165, 1.54) is 6.42 Å². The van der Waals surface area contributed by atoms with Crippen molar-refractivity contribution in [1.29, 1.82) is 0 Å². The first-order valence-corrected chi connectivity index (χ1v) is 9.53. The van der Waals surface area contributed by atoms with Gasteiger partial charge in [0.25, 0.3) is 5.91 Å². The van der Waals surface area contributed by atoms with Gasteiger partial charge in [0.05, 0.1) is 19.8 Å². The van der Waals surface area contributed by atoms with Crippen molar-refractivity contribution >= 4 is 11.6 Å². The molecule has 1 aromatic rings. The second-order valence-corrected chi connectivity index (χ2v) is 6.29. The Morgan fingerprint density at radius 3 is 2.23 bits per heavy atom. The lowest BCUT2D eigenvalue weighted by Gasteiger charge is -2.20. The van der Waals surface area contributed by atoms with Gasteiger partial charge < -0.3 is 14.2 Å². The molecule has 6 heteroatoms. The van der Waals surface area contributed by atoms with E-state index in [0.717, 1.165) is 25.0 Å². The summed E-state index contributed by atoms with van der Waals surface area (Å²) in [7, 11) is 0. The summed E-state index contributed by atoms with van der Waals surface area (Å²) in [6.45, 7) is 9.25. The van der Waals surface area contributed by atoms with E-state index in [9.17, 15) is 4.79 Å². The molecule has 6 nitrogen and oxygen atoms in total. The zero-order valence-electron chi connectivity index (χ0n) is 16.3. The number of amides is 1. The van der Waals surface area contributed by atoms with Crippen molar-refractivity contribution in [2.24, 2.45) is 11.0 Å². The molecule has 1 aliphatic rings. The third kappa shape index (κ3) is 5.13. The third-order valence-corrected chi connectivity index (χ3v) is 4.36. The van der Waals surface area contributed by atoms with Crippen LogP contribution < -0.4 is 19.6 Å². The van der Waals surface area contributed by atoms with Crippen molar-refractivity contribution in [3.05, 3.63) is 17.7 Å². The minimum atomic E-state index is -0.278. The van der Waals surface area contributed by atoms with E-state index in [4.69, 9.17) is 14.2 Å². The number of benzene rings is 1. The van der Waals surface area contributed by atoms with E-state index in [2.05, 4.69) is 17.5 Å². The Morgan fingerprint density at radius 2 is 1.69 bits per heavy atom. The van der Waals surface area contributed by atoms with Gasteiger partial charge in [-0.2, -0.15) is 5.10 Å². The minimum absolute atomic E-state index is 0.278. The standard InChI is InChI=1S/C20H30N2O4/c1-5-24-17-12-15(13-18(25-6-2)19(17)26-7-3)20(23)22-21-16-11-9-8-10-14(16)4/h12-14H,5-11H2,1-4H3,(H,22,23)/b21-16-/t14-/m0/s1. The first-order valence-electron chi connectivity index (χ1n) is 9.53. The van der Waals surface area contributed by atoms with Crippen LogP contribution in [-0.2, 0) is 0 Å². The number of carbonyl (C=O) groups is 1. The van der Waals surface area contributed by atoms with Gasteiger partial charge in [-0.15, -0.1) is 0 Å². The minimum Gasteiger partial charge on any atom is -0.490 e. The molecule has 2 rings (SSSR count). The van der Waals surface area contributed by atoms with Crippen molar-refractivity contribution < 1.29 is 19.0 Å². The molecule has 0 aromatic heterocycles. The number of ether oxygens (including phenoxy) is 3. The van der Waals surface area contributed by atoms with Crippen molar-refractivity contribution in [3.63, 3.8) is 0 Å². The van der Waals surface area contributed by atoms with Crippen LogP contribution in [0, 0.1) is 5.92 Å². The first-order chi connectivity index (χ1) is 12.6. The van der Waals surface area contributed by atoms with Gasteiger partial charge in [-0.05, 0) is 58.1 Å². The van der Waals surface area contributed by atoms with Crippen LogP contribution in [0.3, 0.4) is 0 Å². The topological polar surface area (TPSA) is 69.2 Å². The van der Waals surface area contributed by atoms with Crippen molar-refractivity contribution in [3.8, 4) is 17.2 Å². The Kier molecular flexibility index (Phi) is 7.75. The molecule has 0 radical (unpaired) electrons.